The first-order valence-electron chi connectivity index (χ1n) is 5.47. The molecule has 1 aromatic carbocycles. The fourth-order valence-corrected chi connectivity index (χ4v) is 1.63. The van der Waals surface area contributed by atoms with E-state index in [4.69, 9.17) is 11.6 Å². The van der Waals surface area contributed by atoms with Crippen molar-refractivity contribution in [2.75, 3.05) is 13.1 Å². The Hall–Kier alpha value is -0.860. The first-order chi connectivity index (χ1) is 7.65. The second-order valence-electron chi connectivity index (χ2n) is 3.80. The predicted molar refractivity (Wildman–Crippen MR) is 68.2 cm³/mol. The highest BCUT2D eigenvalue weighted by atomic mass is 35.5. The molecule has 0 aromatic heterocycles. The van der Waals surface area contributed by atoms with E-state index in [9.17, 15) is 4.39 Å². The molecule has 0 fully saturated rings. The number of nitrogens with one attached hydrogen (secondary N) is 1. The van der Waals surface area contributed by atoms with Gasteiger partial charge in [-0.3, -0.25) is 0 Å². The molecule has 0 unspecified atom stereocenters. The third kappa shape index (κ3) is 3.95. The van der Waals surface area contributed by atoms with Gasteiger partial charge in [-0.15, -0.1) is 0 Å². The predicted octanol–water partition coefficient (Wildman–Crippen LogP) is 3.88. The number of hydrogen-bond acceptors (Lipinski definition) is 1. The van der Waals surface area contributed by atoms with Crippen molar-refractivity contribution in [2.45, 2.75) is 20.3 Å². The summed E-state index contributed by atoms with van der Waals surface area (Å²) < 4.78 is 13.4. The normalized spacial score (nSPS) is 11.9. The SMILES string of the molecule is CCCNCC(C)=Cc1c(F)cccc1Cl. The van der Waals surface area contributed by atoms with Crippen molar-refractivity contribution in [1.29, 1.82) is 0 Å². The average molecular weight is 242 g/mol. The van der Waals surface area contributed by atoms with Gasteiger partial charge in [0.05, 0.1) is 5.02 Å². The van der Waals surface area contributed by atoms with Crippen molar-refractivity contribution in [3.8, 4) is 0 Å². The smallest absolute Gasteiger partial charge is 0.131 e. The molecule has 0 amide bonds. The van der Waals surface area contributed by atoms with E-state index >= 15 is 0 Å². The van der Waals surface area contributed by atoms with E-state index in [0.717, 1.165) is 25.1 Å². The van der Waals surface area contributed by atoms with Crippen LogP contribution in [-0.4, -0.2) is 13.1 Å². The third-order valence-electron chi connectivity index (χ3n) is 2.22. The maximum Gasteiger partial charge on any atom is 0.131 e. The van der Waals surface area contributed by atoms with Crippen LogP contribution in [0, 0.1) is 5.82 Å². The zero-order valence-electron chi connectivity index (χ0n) is 9.69. The van der Waals surface area contributed by atoms with Gasteiger partial charge in [-0.1, -0.05) is 36.2 Å². The van der Waals surface area contributed by atoms with E-state index in [1.165, 1.54) is 6.07 Å². The van der Waals surface area contributed by atoms with Crippen molar-refractivity contribution in [3.63, 3.8) is 0 Å². The highest BCUT2D eigenvalue weighted by Crippen LogP contribution is 2.21. The molecule has 0 atom stereocenters. The molecule has 16 heavy (non-hydrogen) atoms. The summed E-state index contributed by atoms with van der Waals surface area (Å²) >= 11 is 5.93. The Morgan fingerprint density at radius 3 is 2.88 bits per heavy atom. The van der Waals surface area contributed by atoms with E-state index in [1.54, 1.807) is 18.2 Å². The Morgan fingerprint density at radius 2 is 2.25 bits per heavy atom. The van der Waals surface area contributed by atoms with Crippen LogP contribution < -0.4 is 5.32 Å². The van der Waals surface area contributed by atoms with Gasteiger partial charge in [0.1, 0.15) is 5.82 Å². The summed E-state index contributed by atoms with van der Waals surface area (Å²) in [6.07, 6.45) is 2.88. The van der Waals surface area contributed by atoms with Gasteiger partial charge in [0.25, 0.3) is 0 Å². The topological polar surface area (TPSA) is 12.0 Å². The molecule has 3 heteroatoms. The lowest BCUT2D eigenvalue weighted by Crippen LogP contribution is -2.16. The van der Waals surface area contributed by atoms with Gasteiger partial charge < -0.3 is 5.32 Å². The van der Waals surface area contributed by atoms with Gasteiger partial charge in [0.15, 0.2) is 0 Å². The molecule has 0 radical (unpaired) electrons. The average Bonchev–Trinajstić information content (AvgIpc) is 2.24. The van der Waals surface area contributed by atoms with Crippen LogP contribution in [0.5, 0.6) is 0 Å². The maximum atomic E-state index is 13.4. The molecule has 0 saturated heterocycles. The van der Waals surface area contributed by atoms with Crippen molar-refractivity contribution >= 4 is 17.7 Å². The summed E-state index contributed by atoms with van der Waals surface area (Å²) in [5, 5.41) is 3.71. The number of benzene rings is 1. The number of halogens is 2. The summed E-state index contributed by atoms with van der Waals surface area (Å²) in [5.74, 6) is -0.276. The van der Waals surface area contributed by atoms with Crippen LogP contribution in [0.25, 0.3) is 6.08 Å². The molecule has 88 valence electrons. The zero-order valence-corrected chi connectivity index (χ0v) is 10.4. The van der Waals surface area contributed by atoms with Gasteiger partial charge in [0.2, 0.25) is 0 Å². The molecular formula is C13H17ClFN. The second kappa shape index (κ2) is 6.66. The van der Waals surface area contributed by atoms with Crippen molar-refractivity contribution in [1.82, 2.24) is 5.32 Å². The second-order valence-corrected chi connectivity index (χ2v) is 4.21. The highest BCUT2D eigenvalue weighted by Gasteiger charge is 2.03. The minimum atomic E-state index is -0.276. The molecule has 0 aliphatic carbocycles. The van der Waals surface area contributed by atoms with Gasteiger partial charge in [-0.2, -0.15) is 0 Å². The molecule has 1 aromatic rings. The van der Waals surface area contributed by atoms with Gasteiger partial charge in [0, 0.05) is 12.1 Å². The lowest BCUT2D eigenvalue weighted by molar-refractivity contribution is 0.625. The molecule has 1 rings (SSSR count). The van der Waals surface area contributed by atoms with E-state index < -0.39 is 0 Å². The van der Waals surface area contributed by atoms with Crippen LogP contribution >= 0.6 is 11.6 Å². The largest absolute Gasteiger partial charge is 0.313 e. The van der Waals surface area contributed by atoms with E-state index in [1.807, 2.05) is 6.92 Å². The Labute approximate surface area is 101 Å². The van der Waals surface area contributed by atoms with Crippen molar-refractivity contribution in [3.05, 3.63) is 40.2 Å². The van der Waals surface area contributed by atoms with Crippen LogP contribution in [-0.2, 0) is 0 Å². The number of rotatable bonds is 5. The third-order valence-corrected chi connectivity index (χ3v) is 2.55. The summed E-state index contributed by atoms with van der Waals surface area (Å²) in [6, 6.07) is 4.73. The highest BCUT2D eigenvalue weighted by molar-refractivity contribution is 6.32. The molecule has 0 spiro atoms. The van der Waals surface area contributed by atoms with Gasteiger partial charge in [-0.25, -0.2) is 4.39 Å². The maximum absolute atomic E-state index is 13.4. The van der Waals surface area contributed by atoms with E-state index in [0.29, 0.717) is 10.6 Å². The minimum Gasteiger partial charge on any atom is -0.313 e. The first kappa shape index (κ1) is 13.2. The fourth-order valence-electron chi connectivity index (χ4n) is 1.41. The summed E-state index contributed by atoms with van der Waals surface area (Å²) in [4.78, 5) is 0. The monoisotopic (exact) mass is 241 g/mol. The standard InChI is InChI=1S/C13H17ClFN/c1-3-7-16-9-10(2)8-11-12(14)5-4-6-13(11)15/h4-6,8,16H,3,7,9H2,1-2H3. The van der Waals surface area contributed by atoms with Crippen molar-refractivity contribution in [2.24, 2.45) is 0 Å². The number of hydrogen-bond donors (Lipinski definition) is 1. The van der Waals surface area contributed by atoms with Gasteiger partial charge in [-0.05, 0) is 32.0 Å². The van der Waals surface area contributed by atoms with Crippen LogP contribution in [0.4, 0.5) is 4.39 Å². The molecular weight excluding hydrogens is 225 g/mol. The molecule has 0 heterocycles. The van der Waals surface area contributed by atoms with Crippen LogP contribution in [0.3, 0.4) is 0 Å². The lowest BCUT2D eigenvalue weighted by Gasteiger charge is -2.05. The summed E-state index contributed by atoms with van der Waals surface area (Å²) in [7, 11) is 0. The van der Waals surface area contributed by atoms with Crippen molar-refractivity contribution < 1.29 is 4.39 Å². The van der Waals surface area contributed by atoms with E-state index in [-0.39, 0.29) is 5.82 Å². The molecule has 0 aliphatic rings. The van der Waals surface area contributed by atoms with Crippen LogP contribution in [0.1, 0.15) is 25.8 Å². The summed E-state index contributed by atoms with van der Waals surface area (Å²) in [5.41, 5.74) is 1.54. The molecule has 1 nitrogen and oxygen atoms in total. The molecule has 0 aliphatic heterocycles. The quantitative estimate of drug-likeness (QED) is 0.772. The Bertz CT molecular complexity index is 354. The Kier molecular flexibility index (Phi) is 5.50. The van der Waals surface area contributed by atoms with Gasteiger partial charge >= 0.3 is 0 Å². The lowest BCUT2D eigenvalue weighted by atomic mass is 10.1. The minimum absolute atomic E-state index is 0.276. The molecule has 1 N–H and O–H groups in total. The summed E-state index contributed by atoms with van der Waals surface area (Å²) in [6.45, 7) is 5.81. The first-order valence-corrected chi connectivity index (χ1v) is 5.85. The Balaban J connectivity index is 2.73. The fraction of sp³-hybridized carbons (Fsp3) is 0.385. The zero-order chi connectivity index (χ0) is 12.0. The van der Waals surface area contributed by atoms with E-state index in [2.05, 4.69) is 12.2 Å². The molecule has 0 bridgehead atoms. The molecule has 0 saturated carbocycles. The van der Waals surface area contributed by atoms with Crippen LogP contribution in [0.15, 0.2) is 23.8 Å². The van der Waals surface area contributed by atoms with Crippen LogP contribution in [0.2, 0.25) is 5.02 Å². The Morgan fingerprint density at radius 1 is 1.50 bits per heavy atom.